The molecule has 268 valence electrons. The molecule has 1 N–H and O–H groups in total. The van der Waals surface area contributed by atoms with Crippen LogP contribution in [0.25, 0.3) is 6.08 Å². The van der Waals surface area contributed by atoms with Crippen molar-refractivity contribution in [2.24, 2.45) is 17.8 Å². The lowest BCUT2D eigenvalue weighted by atomic mass is 9.69. The first-order valence-corrected chi connectivity index (χ1v) is 20.4. The molecule has 0 radical (unpaired) electrons. The molecule has 0 aromatic heterocycles. The van der Waals surface area contributed by atoms with Gasteiger partial charge in [-0.3, -0.25) is 14.5 Å². The zero-order valence-corrected chi connectivity index (χ0v) is 32.0. The van der Waals surface area contributed by atoms with Crippen molar-refractivity contribution in [2.45, 2.75) is 58.1 Å². The number of anilines is 1. The molecule has 0 unspecified atom stereocenters. The molecule has 4 atom stereocenters. The molecule has 2 heterocycles. The maximum absolute atomic E-state index is 14.2. The van der Waals surface area contributed by atoms with E-state index in [0.29, 0.717) is 36.8 Å². The summed E-state index contributed by atoms with van der Waals surface area (Å²) >= 11 is 6.43. The Morgan fingerprint density at radius 3 is 2.12 bits per heavy atom. The monoisotopic (exact) mass is 731 g/mol. The largest absolute Gasteiger partial charge is 0.508 e. The van der Waals surface area contributed by atoms with Gasteiger partial charge >= 0.3 is 0 Å². The van der Waals surface area contributed by atoms with Gasteiger partial charge in [0.15, 0.2) is 0 Å². The number of para-hydroxylation sites is 1. The number of fused-ring (bicyclic) bond motifs is 3. The minimum Gasteiger partial charge on any atom is -0.508 e. The van der Waals surface area contributed by atoms with E-state index in [4.69, 9.17) is 20.8 Å². The number of carbonyl (C=O) groups excluding carboxylic acids is 2. The van der Waals surface area contributed by atoms with E-state index in [0.717, 1.165) is 28.7 Å². The van der Waals surface area contributed by atoms with Gasteiger partial charge in [-0.2, -0.15) is 0 Å². The molecule has 6 nitrogen and oxygen atoms in total. The summed E-state index contributed by atoms with van der Waals surface area (Å²) in [6.07, 6.45) is 3.76. The number of phenolic OH excluding ortho intramolecular Hbond substituents is 1. The van der Waals surface area contributed by atoms with Crippen molar-refractivity contribution in [3.8, 4) is 5.75 Å². The Kier molecular flexibility index (Phi) is 10.2. The normalized spacial score (nSPS) is 22.2. The van der Waals surface area contributed by atoms with Crippen molar-refractivity contribution >= 4 is 53.9 Å². The number of hydrogen-bond donors (Lipinski definition) is 1. The highest BCUT2D eigenvalue weighted by atomic mass is 35.5. The Labute approximate surface area is 312 Å². The summed E-state index contributed by atoms with van der Waals surface area (Å²) in [5, 5.41) is 12.5. The second-order valence-electron chi connectivity index (χ2n) is 15.4. The third kappa shape index (κ3) is 6.60. The van der Waals surface area contributed by atoms with E-state index in [2.05, 4.69) is 76.2 Å². The highest BCUT2D eigenvalue weighted by Gasteiger charge is 2.58. The predicted molar refractivity (Wildman–Crippen MR) is 210 cm³/mol. The quantitative estimate of drug-likeness (QED) is 0.101. The molecule has 3 aliphatic rings. The molecular formula is C44H46ClNO5Si. The number of phenols is 1. The summed E-state index contributed by atoms with van der Waals surface area (Å²) in [5.41, 5.74) is 4.80. The number of ether oxygens (including phenoxy) is 1. The van der Waals surface area contributed by atoms with Crippen molar-refractivity contribution in [3.05, 3.63) is 137 Å². The minimum absolute atomic E-state index is 0.131. The number of rotatable bonds is 10. The number of aromatic hydroxyl groups is 1. The summed E-state index contributed by atoms with van der Waals surface area (Å²) in [6, 6.07) is 35.5. The Hall–Kier alpha value is -4.27. The summed E-state index contributed by atoms with van der Waals surface area (Å²) in [5.74, 6) is -1.31. The molecule has 1 aliphatic carbocycles. The molecule has 4 aromatic carbocycles. The summed E-state index contributed by atoms with van der Waals surface area (Å²) in [6.45, 7) is 9.62. The fraction of sp³-hybridized carbons (Fsp3) is 0.318. The van der Waals surface area contributed by atoms with Crippen molar-refractivity contribution in [1.29, 1.82) is 0 Å². The van der Waals surface area contributed by atoms with Crippen LogP contribution in [-0.4, -0.2) is 44.6 Å². The molecule has 2 aliphatic heterocycles. The van der Waals surface area contributed by atoms with Gasteiger partial charge in [-0.05, 0) is 88.6 Å². The van der Waals surface area contributed by atoms with E-state index in [1.54, 1.807) is 12.1 Å². The highest BCUT2D eigenvalue weighted by molar-refractivity contribution is 6.99. The van der Waals surface area contributed by atoms with Crippen LogP contribution >= 0.6 is 11.6 Å². The van der Waals surface area contributed by atoms with E-state index in [-0.39, 0.29) is 34.6 Å². The molecule has 8 heteroatoms. The van der Waals surface area contributed by atoms with Crippen molar-refractivity contribution in [1.82, 2.24) is 0 Å². The average molecular weight is 732 g/mol. The zero-order valence-electron chi connectivity index (χ0n) is 30.2. The van der Waals surface area contributed by atoms with Gasteiger partial charge in [0.1, 0.15) is 5.75 Å². The van der Waals surface area contributed by atoms with Gasteiger partial charge in [-0.1, -0.05) is 123 Å². The molecule has 2 fully saturated rings. The molecule has 2 amide bonds. The second kappa shape index (κ2) is 14.6. The van der Waals surface area contributed by atoms with Crippen LogP contribution in [0.5, 0.6) is 5.75 Å². The number of nitrogens with zero attached hydrogens (tertiary/aromatic N) is 1. The fourth-order valence-corrected chi connectivity index (χ4v) is 13.5. The topological polar surface area (TPSA) is 76.1 Å². The van der Waals surface area contributed by atoms with Gasteiger partial charge in [0.2, 0.25) is 11.8 Å². The van der Waals surface area contributed by atoms with Gasteiger partial charge in [0.05, 0.1) is 41.9 Å². The molecule has 4 aromatic rings. The van der Waals surface area contributed by atoms with E-state index in [1.807, 2.05) is 54.6 Å². The lowest BCUT2D eigenvalue weighted by Gasteiger charge is -2.44. The number of benzene rings is 4. The van der Waals surface area contributed by atoms with Crippen molar-refractivity contribution in [3.63, 3.8) is 0 Å². The molecule has 0 saturated carbocycles. The van der Waals surface area contributed by atoms with Crippen molar-refractivity contribution in [2.75, 3.05) is 18.1 Å². The van der Waals surface area contributed by atoms with E-state index in [9.17, 15) is 14.7 Å². The van der Waals surface area contributed by atoms with Gasteiger partial charge in [-0.15, -0.1) is 0 Å². The number of carbonyl (C=O) groups is 2. The van der Waals surface area contributed by atoms with Crippen LogP contribution in [0.4, 0.5) is 5.69 Å². The van der Waals surface area contributed by atoms with Gasteiger partial charge < -0.3 is 14.3 Å². The number of amides is 2. The number of halogens is 1. The maximum Gasteiger partial charge on any atom is 0.261 e. The Bertz CT molecular complexity index is 1970. The van der Waals surface area contributed by atoms with Crippen LogP contribution < -0.4 is 15.3 Å². The molecule has 52 heavy (non-hydrogen) atoms. The summed E-state index contributed by atoms with van der Waals surface area (Å²) < 4.78 is 14.1. The van der Waals surface area contributed by atoms with Crippen LogP contribution in [0.15, 0.2) is 126 Å². The third-order valence-electron chi connectivity index (χ3n) is 11.1. The SMILES string of the molecule is C/C(=C\c1ccc(O)cc1Cl)CC[C@H]1OC[C@H]2C1=C(CO[Si](c1ccccc1)(c1ccccc1)C(C)(C)C)C[C@H]1C(=O)N(c3ccccc3)C(=O)[C@H]12. The Morgan fingerprint density at radius 1 is 0.904 bits per heavy atom. The average Bonchev–Trinajstić information content (AvgIpc) is 3.67. The van der Waals surface area contributed by atoms with E-state index in [1.165, 1.54) is 15.3 Å². The first-order chi connectivity index (χ1) is 25.0. The van der Waals surface area contributed by atoms with E-state index >= 15 is 0 Å². The minimum atomic E-state index is -2.90. The Morgan fingerprint density at radius 2 is 1.52 bits per heavy atom. The molecule has 2 saturated heterocycles. The summed E-state index contributed by atoms with van der Waals surface area (Å²) in [4.78, 5) is 29.8. The summed E-state index contributed by atoms with van der Waals surface area (Å²) in [7, 11) is -2.90. The van der Waals surface area contributed by atoms with Gasteiger partial charge in [-0.25, -0.2) is 0 Å². The number of hydrogen-bond acceptors (Lipinski definition) is 5. The lowest BCUT2D eigenvalue weighted by molar-refractivity contribution is -0.122. The first kappa shape index (κ1) is 36.1. The molecule has 0 bridgehead atoms. The zero-order chi connectivity index (χ0) is 36.6. The molecular weight excluding hydrogens is 686 g/mol. The second-order valence-corrected chi connectivity index (χ2v) is 20.1. The maximum atomic E-state index is 14.2. The van der Waals surface area contributed by atoms with Crippen LogP contribution in [-0.2, 0) is 18.8 Å². The molecule has 0 spiro atoms. The highest BCUT2D eigenvalue weighted by Crippen LogP contribution is 2.51. The first-order valence-electron chi connectivity index (χ1n) is 18.2. The number of imide groups is 1. The van der Waals surface area contributed by atoms with Crippen LogP contribution in [0.3, 0.4) is 0 Å². The van der Waals surface area contributed by atoms with E-state index < -0.39 is 20.2 Å². The lowest BCUT2D eigenvalue weighted by Crippen LogP contribution is -2.66. The Balaban J connectivity index is 1.26. The third-order valence-corrected chi connectivity index (χ3v) is 16.4. The number of allylic oxidation sites excluding steroid dienone is 1. The van der Waals surface area contributed by atoms with Crippen LogP contribution in [0.1, 0.15) is 52.5 Å². The van der Waals surface area contributed by atoms with Crippen LogP contribution in [0.2, 0.25) is 10.1 Å². The smallest absolute Gasteiger partial charge is 0.261 e. The van der Waals surface area contributed by atoms with Crippen LogP contribution in [0, 0.1) is 17.8 Å². The fourth-order valence-electron chi connectivity index (χ4n) is 8.72. The standard InChI is InChI=1S/C44H46ClNO5Si/c1-29(24-30-21-22-33(47)26-38(30)45)20-23-39-40-31(25-36-41(37(40)28-50-39)43(49)46(42(36)48)32-14-8-5-9-15-32)27-51-52(44(2,3)4,34-16-10-6-11-17-34)35-18-12-7-13-19-35/h5-19,21-22,24,26,36-37,39,41,47H,20,23,25,27-28H2,1-4H3/b29-24+/t36-,37+,39-,41-/m1/s1. The van der Waals surface area contributed by atoms with Gasteiger partial charge in [0, 0.05) is 5.92 Å². The molecule has 7 rings (SSSR count). The predicted octanol–water partition coefficient (Wildman–Crippen LogP) is 8.33. The van der Waals surface area contributed by atoms with Gasteiger partial charge in [0.25, 0.3) is 8.32 Å². The van der Waals surface area contributed by atoms with Crippen molar-refractivity contribution < 1.29 is 23.9 Å².